The quantitative estimate of drug-likeness (QED) is 0.644. The summed E-state index contributed by atoms with van der Waals surface area (Å²) >= 11 is 0. The van der Waals surface area contributed by atoms with Gasteiger partial charge in [0, 0.05) is 18.5 Å². The molecule has 2 aromatic carbocycles. The molecule has 10 heteroatoms. The maximum atomic E-state index is 13.7. The number of anilines is 1. The fourth-order valence-corrected chi connectivity index (χ4v) is 2.18. The Morgan fingerprint density at radius 3 is 2.46 bits per heavy atom. The van der Waals surface area contributed by atoms with Crippen LogP contribution in [0.4, 0.5) is 27.6 Å². The Kier molecular flexibility index (Phi) is 5.21. The Labute approximate surface area is 154 Å². The number of ether oxygens (including phenoxy) is 1. The second kappa shape index (κ2) is 7.59. The van der Waals surface area contributed by atoms with Gasteiger partial charge in [0.15, 0.2) is 5.69 Å². The Morgan fingerprint density at radius 2 is 1.75 bits per heavy atom. The number of hydrogen-bond donors (Lipinski definition) is 1. The molecule has 0 aliphatic heterocycles. The molecule has 0 radical (unpaired) electrons. The van der Waals surface area contributed by atoms with Crippen molar-refractivity contribution >= 4 is 11.6 Å². The second-order valence-corrected chi connectivity index (χ2v) is 5.42. The number of rotatable bonds is 4. The number of nitrogens with zero attached hydrogens (tertiary/aromatic N) is 2. The number of amides is 1. The zero-order valence-electron chi connectivity index (χ0n) is 13.8. The van der Waals surface area contributed by atoms with Crippen LogP contribution < -0.4 is 10.1 Å². The molecule has 1 aromatic heterocycles. The molecule has 0 bridgehead atoms. The molecule has 0 aliphatic carbocycles. The van der Waals surface area contributed by atoms with Gasteiger partial charge in [-0.3, -0.25) is 4.79 Å². The summed E-state index contributed by atoms with van der Waals surface area (Å²) in [6.45, 7) is 0. The minimum atomic E-state index is -4.58. The highest BCUT2D eigenvalue weighted by Crippen LogP contribution is 2.32. The molecule has 0 aliphatic rings. The molecule has 0 atom stereocenters. The first-order valence-electron chi connectivity index (χ1n) is 7.66. The lowest BCUT2D eigenvalue weighted by molar-refractivity contribution is -0.137. The van der Waals surface area contributed by atoms with Crippen molar-refractivity contribution < 1.29 is 31.5 Å². The summed E-state index contributed by atoms with van der Waals surface area (Å²) in [7, 11) is 0. The third-order valence-corrected chi connectivity index (χ3v) is 3.43. The number of halogens is 5. The van der Waals surface area contributed by atoms with Crippen molar-refractivity contribution in [2.24, 2.45) is 0 Å². The van der Waals surface area contributed by atoms with Crippen LogP contribution in [-0.2, 0) is 6.18 Å². The van der Waals surface area contributed by atoms with E-state index < -0.39 is 35.0 Å². The van der Waals surface area contributed by atoms with Crippen LogP contribution in [0.1, 0.15) is 16.1 Å². The maximum Gasteiger partial charge on any atom is 0.416 e. The Balaban J connectivity index is 1.86. The third kappa shape index (κ3) is 4.40. The van der Waals surface area contributed by atoms with Crippen LogP contribution in [0, 0.1) is 11.6 Å². The van der Waals surface area contributed by atoms with E-state index in [4.69, 9.17) is 4.74 Å². The van der Waals surface area contributed by atoms with Crippen molar-refractivity contribution in [3.63, 3.8) is 0 Å². The van der Waals surface area contributed by atoms with E-state index in [1.54, 1.807) is 0 Å². The van der Waals surface area contributed by atoms with Gasteiger partial charge in [-0.2, -0.15) is 13.2 Å². The molecule has 0 unspecified atom stereocenters. The second-order valence-electron chi connectivity index (χ2n) is 5.42. The van der Waals surface area contributed by atoms with Gasteiger partial charge in [0.25, 0.3) is 11.8 Å². The number of benzene rings is 2. The van der Waals surface area contributed by atoms with Gasteiger partial charge in [0.1, 0.15) is 17.4 Å². The summed E-state index contributed by atoms with van der Waals surface area (Å²) in [4.78, 5) is 19.9. The number of hydrogen-bond acceptors (Lipinski definition) is 4. The fraction of sp³-hybridized carbons (Fsp3) is 0.0556. The SMILES string of the molecule is O=C(Nc1ccc(F)cc1F)c1nccnc1Oc1cccc(C(F)(F)F)c1. The van der Waals surface area contributed by atoms with Crippen LogP contribution >= 0.6 is 0 Å². The highest BCUT2D eigenvalue weighted by Gasteiger charge is 2.30. The number of carbonyl (C=O) groups excluding carboxylic acids is 1. The summed E-state index contributed by atoms with van der Waals surface area (Å²) in [5.74, 6) is -3.40. The van der Waals surface area contributed by atoms with Gasteiger partial charge in [-0.1, -0.05) is 6.07 Å². The van der Waals surface area contributed by atoms with Gasteiger partial charge in [-0.15, -0.1) is 0 Å². The standard InChI is InChI=1S/C18H10F5N3O2/c19-11-4-5-14(13(20)9-11)26-16(27)15-17(25-7-6-24-15)28-12-3-1-2-10(8-12)18(21,22)23/h1-9H,(H,26,27). The highest BCUT2D eigenvalue weighted by molar-refractivity contribution is 6.04. The van der Waals surface area contributed by atoms with Gasteiger partial charge in [0.05, 0.1) is 11.3 Å². The van der Waals surface area contributed by atoms with Crippen LogP contribution in [0.15, 0.2) is 54.9 Å². The minimum absolute atomic E-state index is 0.225. The van der Waals surface area contributed by atoms with Gasteiger partial charge in [0.2, 0.25) is 0 Å². The highest BCUT2D eigenvalue weighted by atomic mass is 19.4. The molecule has 28 heavy (non-hydrogen) atoms. The van der Waals surface area contributed by atoms with Crippen LogP contribution in [0.25, 0.3) is 0 Å². The predicted molar refractivity (Wildman–Crippen MR) is 87.9 cm³/mol. The summed E-state index contributed by atoms with van der Waals surface area (Å²) < 4.78 is 70.4. The van der Waals surface area contributed by atoms with Crippen LogP contribution in [0.2, 0.25) is 0 Å². The molecule has 1 amide bonds. The maximum absolute atomic E-state index is 13.7. The summed E-state index contributed by atoms with van der Waals surface area (Å²) in [6, 6.07) is 6.48. The molecule has 0 saturated heterocycles. The monoisotopic (exact) mass is 395 g/mol. The molecule has 1 heterocycles. The lowest BCUT2D eigenvalue weighted by Crippen LogP contribution is -2.16. The van der Waals surface area contributed by atoms with Crippen molar-refractivity contribution in [3.8, 4) is 11.6 Å². The van der Waals surface area contributed by atoms with Gasteiger partial charge >= 0.3 is 6.18 Å². The number of carbonyl (C=O) groups is 1. The smallest absolute Gasteiger partial charge is 0.416 e. The van der Waals surface area contributed by atoms with Crippen LogP contribution in [0.3, 0.4) is 0 Å². The van der Waals surface area contributed by atoms with Crippen molar-refractivity contribution in [1.82, 2.24) is 9.97 Å². The Hall–Kier alpha value is -3.56. The minimum Gasteiger partial charge on any atom is -0.437 e. The fourth-order valence-electron chi connectivity index (χ4n) is 2.18. The molecular formula is C18H10F5N3O2. The molecule has 1 N–H and O–H groups in total. The first kappa shape index (κ1) is 19.2. The van der Waals surface area contributed by atoms with Gasteiger partial charge in [-0.25, -0.2) is 18.7 Å². The van der Waals surface area contributed by atoms with Crippen LogP contribution in [0.5, 0.6) is 11.6 Å². The van der Waals surface area contributed by atoms with Crippen molar-refractivity contribution in [1.29, 1.82) is 0 Å². The zero-order valence-corrected chi connectivity index (χ0v) is 13.8. The molecule has 144 valence electrons. The average Bonchev–Trinajstić information content (AvgIpc) is 2.64. The molecule has 3 rings (SSSR count). The van der Waals surface area contributed by atoms with Crippen LogP contribution in [-0.4, -0.2) is 15.9 Å². The normalized spacial score (nSPS) is 11.2. The van der Waals surface area contributed by atoms with Crippen molar-refractivity contribution in [2.45, 2.75) is 6.18 Å². The van der Waals surface area contributed by atoms with E-state index in [2.05, 4.69) is 15.3 Å². The summed E-state index contributed by atoms with van der Waals surface area (Å²) in [5.41, 5.74) is -1.67. The van der Waals surface area contributed by atoms with E-state index in [1.807, 2.05) is 0 Å². The molecule has 0 fully saturated rings. The van der Waals surface area contributed by atoms with E-state index in [0.29, 0.717) is 6.07 Å². The van der Waals surface area contributed by atoms with E-state index in [1.165, 1.54) is 6.07 Å². The third-order valence-electron chi connectivity index (χ3n) is 3.43. The molecule has 3 aromatic rings. The predicted octanol–water partition coefficient (Wildman–Crippen LogP) is 4.82. The topological polar surface area (TPSA) is 64.1 Å². The summed E-state index contributed by atoms with van der Waals surface area (Å²) in [5, 5.41) is 2.17. The molecule has 5 nitrogen and oxygen atoms in total. The molecular weight excluding hydrogens is 385 g/mol. The summed E-state index contributed by atoms with van der Waals surface area (Å²) in [6.07, 6.45) is -2.27. The Bertz CT molecular complexity index is 1020. The molecule has 0 saturated carbocycles. The largest absolute Gasteiger partial charge is 0.437 e. The Morgan fingerprint density at radius 1 is 1.00 bits per heavy atom. The van der Waals surface area contributed by atoms with Gasteiger partial charge < -0.3 is 10.1 Å². The number of nitrogens with one attached hydrogen (secondary N) is 1. The lowest BCUT2D eigenvalue weighted by atomic mass is 10.2. The lowest BCUT2D eigenvalue weighted by Gasteiger charge is -2.11. The van der Waals surface area contributed by atoms with E-state index in [9.17, 15) is 26.7 Å². The van der Waals surface area contributed by atoms with E-state index in [-0.39, 0.29) is 17.3 Å². The molecule has 0 spiro atoms. The van der Waals surface area contributed by atoms with E-state index >= 15 is 0 Å². The van der Waals surface area contributed by atoms with Crippen molar-refractivity contribution in [2.75, 3.05) is 5.32 Å². The zero-order chi connectivity index (χ0) is 20.3. The number of alkyl halides is 3. The average molecular weight is 395 g/mol. The van der Waals surface area contributed by atoms with Crippen molar-refractivity contribution in [3.05, 3.63) is 77.8 Å². The first-order chi connectivity index (χ1) is 13.2. The first-order valence-corrected chi connectivity index (χ1v) is 7.66. The number of aromatic nitrogens is 2. The van der Waals surface area contributed by atoms with E-state index in [0.717, 1.165) is 42.7 Å². The van der Waals surface area contributed by atoms with Gasteiger partial charge in [-0.05, 0) is 30.3 Å².